The zero-order chi connectivity index (χ0) is 17.9. The van der Waals surface area contributed by atoms with Gasteiger partial charge in [0.05, 0.1) is 6.61 Å². The molecule has 0 aliphatic heterocycles. The fourth-order valence-corrected chi connectivity index (χ4v) is 3.53. The number of carbonyl (C=O) groups excluding carboxylic acids is 1. The molecule has 2 aromatic rings. The lowest BCUT2D eigenvalue weighted by Crippen LogP contribution is -2.26. The Morgan fingerprint density at radius 3 is 2.42 bits per heavy atom. The summed E-state index contributed by atoms with van der Waals surface area (Å²) in [5.41, 5.74) is 6.20. The zero-order valence-corrected chi connectivity index (χ0v) is 14.7. The number of nitrogens with zero attached hydrogens (tertiary/aromatic N) is 2. The molecule has 130 valence electrons. The molecule has 0 saturated heterocycles. The van der Waals surface area contributed by atoms with Crippen molar-refractivity contribution in [2.75, 3.05) is 13.7 Å². The number of hydrogen-bond donors (Lipinski definition) is 1. The quantitative estimate of drug-likeness (QED) is 0.814. The Hall–Kier alpha value is -2.32. The summed E-state index contributed by atoms with van der Waals surface area (Å²) in [6.45, 7) is 2.67. The standard InChI is InChI=1S/C16H21N3O4S/c1-4-23-13-7-5-12(6-8-13)10-19(3)24(21,22)14-9-15(16(17)20)18(2)11-14/h5-9,11H,4,10H2,1-3H3,(H2,17,20). The summed E-state index contributed by atoms with van der Waals surface area (Å²) >= 11 is 0. The fourth-order valence-electron chi connectivity index (χ4n) is 2.30. The molecule has 1 aromatic heterocycles. The average Bonchev–Trinajstić information content (AvgIpc) is 2.92. The van der Waals surface area contributed by atoms with E-state index in [1.807, 2.05) is 19.1 Å². The van der Waals surface area contributed by atoms with Crippen LogP contribution in [-0.2, 0) is 23.6 Å². The lowest BCUT2D eigenvalue weighted by atomic mass is 10.2. The van der Waals surface area contributed by atoms with Crippen LogP contribution in [-0.4, -0.2) is 36.9 Å². The number of nitrogens with two attached hydrogens (primary N) is 1. The molecule has 0 radical (unpaired) electrons. The molecule has 1 amide bonds. The molecule has 1 heterocycles. The van der Waals surface area contributed by atoms with Crippen molar-refractivity contribution in [1.82, 2.24) is 8.87 Å². The molecule has 0 aliphatic rings. The number of rotatable bonds is 7. The Labute approximate surface area is 141 Å². The second-order valence-electron chi connectivity index (χ2n) is 5.37. The molecule has 0 bridgehead atoms. The van der Waals surface area contributed by atoms with E-state index in [2.05, 4.69) is 0 Å². The van der Waals surface area contributed by atoms with Gasteiger partial charge in [0, 0.05) is 26.8 Å². The Morgan fingerprint density at radius 1 is 1.29 bits per heavy atom. The maximum absolute atomic E-state index is 12.6. The van der Waals surface area contributed by atoms with Crippen LogP contribution in [0.3, 0.4) is 0 Å². The second-order valence-corrected chi connectivity index (χ2v) is 7.42. The summed E-state index contributed by atoms with van der Waals surface area (Å²) in [6.07, 6.45) is 1.38. The monoisotopic (exact) mass is 351 g/mol. The smallest absolute Gasteiger partial charge is 0.265 e. The number of ether oxygens (including phenoxy) is 1. The van der Waals surface area contributed by atoms with E-state index in [0.717, 1.165) is 11.3 Å². The maximum atomic E-state index is 12.6. The van der Waals surface area contributed by atoms with Gasteiger partial charge in [0.25, 0.3) is 5.91 Å². The highest BCUT2D eigenvalue weighted by molar-refractivity contribution is 7.89. The highest BCUT2D eigenvalue weighted by Crippen LogP contribution is 2.20. The number of hydrogen-bond acceptors (Lipinski definition) is 4. The third kappa shape index (κ3) is 3.77. The summed E-state index contributed by atoms with van der Waals surface area (Å²) in [5.74, 6) is 0.0639. The predicted molar refractivity (Wildman–Crippen MR) is 90.2 cm³/mol. The zero-order valence-electron chi connectivity index (χ0n) is 13.9. The summed E-state index contributed by atoms with van der Waals surface area (Å²) in [5, 5.41) is 0. The number of amides is 1. The molecule has 8 heteroatoms. The van der Waals surface area contributed by atoms with Gasteiger partial charge in [0.15, 0.2) is 0 Å². The molecule has 2 rings (SSSR count). The highest BCUT2D eigenvalue weighted by Gasteiger charge is 2.24. The number of aryl methyl sites for hydroxylation is 1. The van der Waals surface area contributed by atoms with Crippen LogP contribution < -0.4 is 10.5 Å². The third-order valence-corrected chi connectivity index (χ3v) is 5.35. The minimum atomic E-state index is -3.72. The van der Waals surface area contributed by atoms with E-state index in [4.69, 9.17) is 10.5 Å². The first-order valence-corrected chi connectivity index (χ1v) is 8.84. The average molecular weight is 351 g/mol. The van der Waals surface area contributed by atoms with E-state index in [1.54, 1.807) is 19.2 Å². The second kappa shape index (κ2) is 7.06. The van der Waals surface area contributed by atoms with Gasteiger partial charge in [-0.15, -0.1) is 0 Å². The van der Waals surface area contributed by atoms with E-state index in [0.29, 0.717) is 6.61 Å². The molecule has 0 saturated carbocycles. The number of sulfonamides is 1. The fraction of sp³-hybridized carbons (Fsp3) is 0.312. The summed E-state index contributed by atoms with van der Waals surface area (Å²) in [7, 11) is -0.655. The molecule has 2 N–H and O–H groups in total. The molecule has 0 unspecified atom stereocenters. The molecular weight excluding hydrogens is 330 g/mol. The first-order valence-electron chi connectivity index (χ1n) is 7.40. The van der Waals surface area contributed by atoms with Gasteiger partial charge in [-0.25, -0.2) is 8.42 Å². The molecule has 0 aliphatic carbocycles. The van der Waals surface area contributed by atoms with Gasteiger partial charge in [-0.05, 0) is 30.7 Å². The highest BCUT2D eigenvalue weighted by atomic mass is 32.2. The van der Waals surface area contributed by atoms with Gasteiger partial charge >= 0.3 is 0 Å². The normalized spacial score (nSPS) is 11.7. The van der Waals surface area contributed by atoms with Crippen LogP contribution in [0, 0.1) is 0 Å². The van der Waals surface area contributed by atoms with Crippen LogP contribution >= 0.6 is 0 Å². The Morgan fingerprint density at radius 2 is 1.92 bits per heavy atom. The van der Waals surface area contributed by atoms with Crippen LogP contribution in [0.4, 0.5) is 0 Å². The van der Waals surface area contributed by atoms with Crippen molar-refractivity contribution < 1.29 is 17.9 Å². The Bertz CT molecular complexity index is 826. The Kier molecular flexibility index (Phi) is 5.30. The summed E-state index contributed by atoms with van der Waals surface area (Å²) < 4.78 is 33.2. The molecule has 1 aromatic carbocycles. The van der Waals surface area contributed by atoms with Crippen molar-refractivity contribution in [3.05, 3.63) is 47.8 Å². The number of aromatic nitrogens is 1. The van der Waals surface area contributed by atoms with E-state index in [-0.39, 0.29) is 17.1 Å². The van der Waals surface area contributed by atoms with E-state index in [1.165, 1.54) is 28.2 Å². The first kappa shape index (κ1) is 18.0. The van der Waals surface area contributed by atoms with Gasteiger partial charge in [0.1, 0.15) is 16.3 Å². The summed E-state index contributed by atoms with van der Waals surface area (Å²) in [4.78, 5) is 11.3. The number of primary amides is 1. The van der Waals surface area contributed by atoms with Gasteiger partial charge in [-0.2, -0.15) is 4.31 Å². The van der Waals surface area contributed by atoms with E-state index in [9.17, 15) is 13.2 Å². The van der Waals surface area contributed by atoms with Crippen LogP contribution in [0.2, 0.25) is 0 Å². The molecule has 24 heavy (non-hydrogen) atoms. The van der Waals surface area contributed by atoms with Gasteiger partial charge < -0.3 is 15.0 Å². The largest absolute Gasteiger partial charge is 0.494 e. The lowest BCUT2D eigenvalue weighted by Gasteiger charge is -2.16. The van der Waals surface area contributed by atoms with Crippen molar-refractivity contribution in [2.24, 2.45) is 12.8 Å². The van der Waals surface area contributed by atoms with Crippen molar-refractivity contribution in [2.45, 2.75) is 18.4 Å². The molecule has 0 atom stereocenters. The number of carbonyl (C=O) groups is 1. The van der Waals surface area contributed by atoms with Crippen LogP contribution in [0.1, 0.15) is 23.0 Å². The first-order chi connectivity index (χ1) is 11.3. The van der Waals surface area contributed by atoms with E-state index >= 15 is 0 Å². The number of benzene rings is 1. The van der Waals surface area contributed by atoms with Gasteiger partial charge in [0.2, 0.25) is 10.0 Å². The molecule has 7 nitrogen and oxygen atoms in total. The Balaban J connectivity index is 2.19. The maximum Gasteiger partial charge on any atom is 0.265 e. The van der Waals surface area contributed by atoms with Crippen molar-refractivity contribution in [1.29, 1.82) is 0 Å². The molecular formula is C16H21N3O4S. The van der Waals surface area contributed by atoms with Crippen LogP contribution in [0.25, 0.3) is 0 Å². The van der Waals surface area contributed by atoms with Crippen molar-refractivity contribution >= 4 is 15.9 Å². The summed E-state index contributed by atoms with van der Waals surface area (Å²) in [6, 6.07) is 8.51. The SMILES string of the molecule is CCOc1ccc(CN(C)S(=O)(=O)c2cc(C(N)=O)n(C)c2)cc1. The predicted octanol–water partition coefficient (Wildman–Crippen LogP) is 1.34. The lowest BCUT2D eigenvalue weighted by molar-refractivity contribution is 0.0992. The van der Waals surface area contributed by atoms with Gasteiger partial charge in [-0.1, -0.05) is 12.1 Å². The molecule has 0 spiro atoms. The van der Waals surface area contributed by atoms with Crippen molar-refractivity contribution in [3.63, 3.8) is 0 Å². The van der Waals surface area contributed by atoms with Crippen LogP contribution in [0.5, 0.6) is 5.75 Å². The minimum Gasteiger partial charge on any atom is -0.494 e. The molecule has 0 fully saturated rings. The third-order valence-electron chi connectivity index (χ3n) is 3.58. The topological polar surface area (TPSA) is 94.6 Å². The van der Waals surface area contributed by atoms with Crippen molar-refractivity contribution in [3.8, 4) is 5.75 Å². The minimum absolute atomic E-state index is 0.0345. The van der Waals surface area contributed by atoms with Gasteiger partial charge in [-0.3, -0.25) is 4.79 Å². The van der Waals surface area contributed by atoms with E-state index < -0.39 is 15.9 Å². The van der Waals surface area contributed by atoms with Crippen LogP contribution in [0.15, 0.2) is 41.4 Å².